The van der Waals surface area contributed by atoms with Crippen molar-refractivity contribution < 1.29 is 9.90 Å². The normalized spacial score (nSPS) is 38.9. The lowest BCUT2D eigenvalue weighted by molar-refractivity contribution is -0.139. The molecule has 2 saturated heterocycles. The lowest BCUT2D eigenvalue weighted by atomic mass is 10.3. The maximum Gasteiger partial charge on any atom is 0.239 e. The lowest BCUT2D eigenvalue weighted by Crippen LogP contribution is -2.47. The van der Waals surface area contributed by atoms with E-state index in [1.807, 2.05) is 0 Å². The summed E-state index contributed by atoms with van der Waals surface area (Å²) in [5, 5.41) is 12.4. The monoisotopic (exact) mass is 142 g/mol. The van der Waals surface area contributed by atoms with Gasteiger partial charge >= 0.3 is 0 Å². The maximum absolute atomic E-state index is 11.0. The summed E-state index contributed by atoms with van der Waals surface area (Å²) in [5.74, 6) is -0.975. The molecule has 0 bridgehead atoms. The van der Waals surface area contributed by atoms with Crippen molar-refractivity contribution in [3.8, 4) is 0 Å². The van der Waals surface area contributed by atoms with Crippen molar-refractivity contribution >= 4 is 5.91 Å². The van der Waals surface area contributed by atoms with Crippen molar-refractivity contribution in [2.75, 3.05) is 13.1 Å². The van der Waals surface area contributed by atoms with Gasteiger partial charge in [0.2, 0.25) is 5.91 Å². The molecule has 0 radical (unpaired) electrons. The average Bonchev–Trinajstić information content (AvgIpc) is 2.35. The van der Waals surface area contributed by atoms with E-state index in [1.54, 1.807) is 0 Å². The molecule has 0 aromatic heterocycles. The van der Waals surface area contributed by atoms with Crippen molar-refractivity contribution in [2.45, 2.75) is 18.7 Å². The number of hydrogen-bond acceptors (Lipinski definition) is 3. The molecule has 2 aliphatic heterocycles. The highest BCUT2D eigenvalue weighted by atomic mass is 16.3. The first-order valence-electron chi connectivity index (χ1n) is 3.50. The molecular formula is C6H10N2O2. The van der Waals surface area contributed by atoms with Gasteiger partial charge in [0.05, 0.1) is 6.54 Å². The van der Waals surface area contributed by atoms with Crippen LogP contribution in [0.2, 0.25) is 0 Å². The molecule has 2 aliphatic rings. The quantitative estimate of drug-likeness (QED) is 0.449. The molecule has 2 fully saturated rings. The van der Waals surface area contributed by atoms with E-state index in [-0.39, 0.29) is 12.5 Å². The number of carbonyl (C=O) groups excluding carboxylic acids is 1. The smallest absolute Gasteiger partial charge is 0.239 e. The van der Waals surface area contributed by atoms with Crippen LogP contribution in [0.1, 0.15) is 12.8 Å². The van der Waals surface area contributed by atoms with Gasteiger partial charge in [0, 0.05) is 13.0 Å². The first-order valence-corrected chi connectivity index (χ1v) is 3.50. The molecule has 10 heavy (non-hydrogen) atoms. The fourth-order valence-electron chi connectivity index (χ4n) is 1.63. The van der Waals surface area contributed by atoms with Gasteiger partial charge in [-0.1, -0.05) is 0 Å². The van der Waals surface area contributed by atoms with Gasteiger partial charge in [0.1, 0.15) is 0 Å². The Bertz CT molecular complexity index is 183. The SMILES string of the molecule is O=C1CNC2(O)CCCN12. The van der Waals surface area contributed by atoms with Crippen LogP contribution in [-0.4, -0.2) is 34.9 Å². The predicted octanol–water partition coefficient (Wildman–Crippen LogP) is -1.14. The second-order valence-electron chi connectivity index (χ2n) is 2.82. The molecule has 0 spiro atoms. The highest BCUT2D eigenvalue weighted by molar-refractivity contribution is 5.81. The molecule has 2 rings (SSSR count). The molecule has 0 aliphatic carbocycles. The second kappa shape index (κ2) is 1.71. The molecule has 56 valence electrons. The minimum Gasteiger partial charge on any atom is -0.358 e. The highest BCUT2D eigenvalue weighted by Crippen LogP contribution is 2.27. The number of amides is 1. The molecule has 0 aromatic carbocycles. The zero-order chi connectivity index (χ0) is 7.19. The van der Waals surface area contributed by atoms with Crippen LogP contribution < -0.4 is 5.32 Å². The van der Waals surface area contributed by atoms with Gasteiger partial charge in [-0.3, -0.25) is 10.1 Å². The molecule has 1 atom stereocenters. The average molecular weight is 142 g/mol. The van der Waals surface area contributed by atoms with Crippen LogP contribution in [0.5, 0.6) is 0 Å². The number of fused-ring (bicyclic) bond motifs is 1. The van der Waals surface area contributed by atoms with Gasteiger partial charge in [0.15, 0.2) is 5.85 Å². The van der Waals surface area contributed by atoms with E-state index in [2.05, 4.69) is 5.32 Å². The molecule has 0 aromatic rings. The third-order valence-electron chi connectivity index (χ3n) is 2.18. The van der Waals surface area contributed by atoms with Gasteiger partial charge in [-0.2, -0.15) is 0 Å². The molecule has 2 N–H and O–H groups in total. The zero-order valence-electron chi connectivity index (χ0n) is 5.63. The Hall–Kier alpha value is -0.610. The summed E-state index contributed by atoms with van der Waals surface area (Å²) < 4.78 is 0. The molecule has 0 saturated carbocycles. The van der Waals surface area contributed by atoms with Crippen molar-refractivity contribution in [1.82, 2.24) is 10.2 Å². The van der Waals surface area contributed by atoms with Crippen molar-refractivity contribution in [3.63, 3.8) is 0 Å². The summed E-state index contributed by atoms with van der Waals surface area (Å²) in [5.41, 5.74) is 0. The Morgan fingerprint density at radius 3 is 3.20 bits per heavy atom. The van der Waals surface area contributed by atoms with Crippen LogP contribution in [0.3, 0.4) is 0 Å². The molecule has 2 heterocycles. The van der Waals surface area contributed by atoms with Crippen LogP contribution in [0.4, 0.5) is 0 Å². The van der Waals surface area contributed by atoms with Gasteiger partial charge in [-0.25, -0.2) is 0 Å². The van der Waals surface area contributed by atoms with E-state index in [0.717, 1.165) is 6.42 Å². The van der Waals surface area contributed by atoms with Crippen LogP contribution in [0, 0.1) is 0 Å². The first kappa shape index (κ1) is 6.12. The van der Waals surface area contributed by atoms with Gasteiger partial charge in [-0.15, -0.1) is 0 Å². The van der Waals surface area contributed by atoms with Crippen LogP contribution in [0.25, 0.3) is 0 Å². The third kappa shape index (κ3) is 0.602. The van der Waals surface area contributed by atoms with Crippen molar-refractivity contribution in [2.24, 2.45) is 0 Å². The van der Waals surface area contributed by atoms with Crippen molar-refractivity contribution in [1.29, 1.82) is 0 Å². The molecule has 1 amide bonds. The van der Waals surface area contributed by atoms with Crippen LogP contribution in [-0.2, 0) is 4.79 Å². The number of nitrogens with one attached hydrogen (secondary N) is 1. The summed E-state index contributed by atoms with van der Waals surface area (Å²) >= 11 is 0. The Morgan fingerprint density at radius 1 is 1.70 bits per heavy atom. The summed E-state index contributed by atoms with van der Waals surface area (Å²) in [6, 6.07) is 0. The summed E-state index contributed by atoms with van der Waals surface area (Å²) in [6.07, 6.45) is 1.56. The lowest BCUT2D eigenvalue weighted by Gasteiger charge is -2.24. The predicted molar refractivity (Wildman–Crippen MR) is 33.9 cm³/mol. The molecule has 1 unspecified atom stereocenters. The fourth-order valence-corrected chi connectivity index (χ4v) is 1.63. The molecule has 4 nitrogen and oxygen atoms in total. The van der Waals surface area contributed by atoms with Gasteiger partial charge in [0.25, 0.3) is 0 Å². The Labute approximate surface area is 58.8 Å². The minimum absolute atomic E-state index is 0.0139. The fraction of sp³-hybridized carbons (Fsp3) is 0.833. The van der Waals surface area contributed by atoms with Gasteiger partial charge < -0.3 is 10.0 Å². The number of rotatable bonds is 0. The second-order valence-corrected chi connectivity index (χ2v) is 2.82. The van der Waals surface area contributed by atoms with Gasteiger partial charge in [-0.05, 0) is 6.42 Å². The number of hydrogen-bond donors (Lipinski definition) is 2. The van der Waals surface area contributed by atoms with Crippen LogP contribution >= 0.6 is 0 Å². The minimum atomic E-state index is -0.989. The van der Waals surface area contributed by atoms with E-state index < -0.39 is 5.85 Å². The summed E-state index contributed by atoms with van der Waals surface area (Å²) in [4.78, 5) is 12.5. The first-order chi connectivity index (χ1) is 4.72. The number of nitrogens with zero attached hydrogens (tertiary/aromatic N) is 1. The zero-order valence-corrected chi connectivity index (χ0v) is 5.63. The number of aliphatic hydroxyl groups is 1. The standard InChI is InChI=1S/C6H10N2O2/c9-5-4-7-6(10)2-1-3-8(5)6/h7,10H,1-4H2. The van der Waals surface area contributed by atoms with E-state index >= 15 is 0 Å². The molecule has 4 heteroatoms. The van der Waals surface area contributed by atoms with Crippen molar-refractivity contribution in [3.05, 3.63) is 0 Å². The molecular weight excluding hydrogens is 132 g/mol. The summed E-state index contributed by atoms with van der Waals surface area (Å²) in [7, 11) is 0. The Balaban J connectivity index is 2.27. The topological polar surface area (TPSA) is 52.6 Å². The third-order valence-corrected chi connectivity index (χ3v) is 2.18. The largest absolute Gasteiger partial charge is 0.358 e. The Morgan fingerprint density at radius 2 is 2.50 bits per heavy atom. The highest BCUT2D eigenvalue weighted by Gasteiger charge is 2.46. The maximum atomic E-state index is 11.0. The number of carbonyl (C=O) groups is 1. The summed E-state index contributed by atoms with van der Waals surface area (Å²) in [6.45, 7) is 0.985. The van der Waals surface area contributed by atoms with E-state index in [1.165, 1.54) is 4.90 Å². The van der Waals surface area contributed by atoms with E-state index in [4.69, 9.17) is 0 Å². The van der Waals surface area contributed by atoms with Crippen LogP contribution in [0.15, 0.2) is 0 Å². The van der Waals surface area contributed by atoms with E-state index in [0.29, 0.717) is 13.0 Å². The van der Waals surface area contributed by atoms with E-state index in [9.17, 15) is 9.90 Å². The Kier molecular flexibility index (Phi) is 1.04.